The highest BCUT2D eigenvalue weighted by Crippen LogP contribution is 2.38. The summed E-state index contributed by atoms with van der Waals surface area (Å²) < 4.78 is 16.2. The number of methoxy groups -OCH3 is 3. The van der Waals surface area contributed by atoms with Crippen molar-refractivity contribution in [3.8, 4) is 17.2 Å². The van der Waals surface area contributed by atoms with E-state index in [4.69, 9.17) is 19.3 Å². The van der Waals surface area contributed by atoms with E-state index in [1.54, 1.807) is 27.4 Å². The minimum atomic E-state index is -1.03. The average molecular weight is 412 g/mol. The number of rotatable bonds is 8. The molecule has 8 nitrogen and oxygen atoms in total. The van der Waals surface area contributed by atoms with Gasteiger partial charge in [0.1, 0.15) is 17.2 Å². The molecule has 1 heterocycles. The Labute approximate surface area is 174 Å². The normalized spacial score (nSPS) is 15.5. The lowest BCUT2D eigenvalue weighted by atomic mass is 9.97. The second-order valence-electron chi connectivity index (χ2n) is 6.74. The predicted molar refractivity (Wildman–Crippen MR) is 110 cm³/mol. The second-order valence-corrected chi connectivity index (χ2v) is 6.74. The van der Waals surface area contributed by atoms with Crippen molar-refractivity contribution in [1.29, 1.82) is 0 Å². The Bertz CT molecular complexity index is 950. The maximum Gasteiger partial charge on any atom is 0.303 e. The molecule has 0 saturated heterocycles. The molecular formula is C22H24N2O6. The van der Waals surface area contributed by atoms with Crippen LogP contribution >= 0.6 is 0 Å². The second kappa shape index (κ2) is 9.30. The van der Waals surface area contributed by atoms with Gasteiger partial charge in [-0.15, -0.1) is 0 Å². The first-order valence-corrected chi connectivity index (χ1v) is 9.44. The fourth-order valence-corrected chi connectivity index (χ4v) is 3.40. The van der Waals surface area contributed by atoms with Gasteiger partial charge < -0.3 is 19.3 Å². The highest BCUT2D eigenvalue weighted by atomic mass is 16.5. The Hall–Kier alpha value is -3.55. The summed E-state index contributed by atoms with van der Waals surface area (Å²) in [5, 5.41) is 14.9. The first-order valence-electron chi connectivity index (χ1n) is 9.44. The smallest absolute Gasteiger partial charge is 0.303 e. The quantitative estimate of drug-likeness (QED) is 0.715. The number of nitrogens with zero attached hydrogens (tertiary/aromatic N) is 2. The summed E-state index contributed by atoms with van der Waals surface area (Å²) in [4.78, 5) is 23.8. The van der Waals surface area contributed by atoms with Crippen LogP contribution in [0, 0.1) is 0 Å². The monoisotopic (exact) mass is 412 g/mol. The number of hydrogen-bond donors (Lipinski definition) is 1. The molecule has 0 bridgehead atoms. The van der Waals surface area contributed by atoms with E-state index >= 15 is 0 Å². The van der Waals surface area contributed by atoms with Crippen LogP contribution in [0.2, 0.25) is 0 Å². The summed E-state index contributed by atoms with van der Waals surface area (Å²) in [6.45, 7) is 0. The molecule has 0 fully saturated rings. The average Bonchev–Trinajstić information content (AvgIpc) is 3.22. The van der Waals surface area contributed by atoms with Gasteiger partial charge in [-0.25, -0.2) is 5.01 Å². The lowest BCUT2D eigenvalue weighted by Crippen LogP contribution is -2.27. The Morgan fingerprint density at radius 1 is 1.03 bits per heavy atom. The van der Waals surface area contributed by atoms with Crippen molar-refractivity contribution in [2.75, 3.05) is 21.3 Å². The topological polar surface area (TPSA) is 97.7 Å². The molecule has 0 unspecified atom stereocenters. The van der Waals surface area contributed by atoms with Crippen molar-refractivity contribution in [3.63, 3.8) is 0 Å². The standard InChI is InChI=1S/C22H24N2O6/c1-28-15-10-14(11-16(12-15)29-2)18-13-19(17-6-4-5-7-20(17)30-3)24(23-18)21(25)8-9-22(26)27/h4-7,10-12,19H,8-9,13H2,1-3H3,(H,26,27)/t19-/m0/s1. The van der Waals surface area contributed by atoms with E-state index in [0.717, 1.165) is 11.1 Å². The fraction of sp³-hybridized carbons (Fsp3) is 0.318. The Kier molecular flexibility index (Phi) is 6.56. The van der Waals surface area contributed by atoms with Crippen molar-refractivity contribution in [2.45, 2.75) is 25.3 Å². The van der Waals surface area contributed by atoms with Crippen LogP contribution in [0.3, 0.4) is 0 Å². The number of carbonyl (C=O) groups excluding carboxylic acids is 1. The number of aliphatic carboxylic acids is 1. The minimum absolute atomic E-state index is 0.140. The van der Waals surface area contributed by atoms with E-state index in [9.17, 15) is 9.59 Å². The largest absolute Gasteiger partial charge is 0.497 e. The van der Waals surface area contributed by atoms with Crippen molar-refractivity contribution < 1.29 is 28.9 Å². The molecule has 1 amide bonds. The van der Waals surface area contributed by atoms with Gasteiger partial charge >= 0.3 is 5.97 Å². The van der Waals surface area contributed by atoms with E-state index in [2.05, 4.69) is 5.10 Å². The van der Waals surface area contributed by atoms with Gasteiger partial charge in [-0.1, -0.05) is 18.2 Å². The lowest BCUT2D eigenvalue weighted by molar-refractivity contribution is -0.141. The van der Waals surface area contributed by atoms with E-state index < -0.39 is 12.0 Å². The summed E-state index contributed by atoms with van der Waals surface area (Å²) >= 11 is 0. The molecule has 30 heavy (non-hydrogen) atoms. The molecule has 0 aliphatic carbocycles. The van der Waals surface area contributed by atoms with Crippen LogP contribution in [0.4, 0.5) is 0 Å². The summed E-state index contributed by atoms with van der Waals surface area (Å²) in [7, 11) is 4.70. The number of ether oxygens (including phenoxy) is 3. The highest BCUT2D eigenvalue weighted by molar-refractivity contribution is 6.04. The van der Waals surface area contributed by atoms with Crippen LogP contribution in [0.5, 0.6) is 17.2 Å². The zero-order valence-electron chi connectivity index (χ0n) is 17.1. The number of benzene rings is 2. The molecule has 3 rings (SSSR count). The first kappa shape index (κ1) is 21.2. The van der Waals surface area contributed by atoms with Crippen molar-refractivity contribution >= 4 is 17.6 Å². The van der Waals surface area contributed by atoms with Crippen molar-refractivity contribution in [1.82, 2.24) is 5.01 Å². The van der Waals surface area contributed by atoms with Crippen LogP contribution in [-0.2, 0) is 9.59 Å². The third-order valence-corrected chi connectivity index (χ3v) is 4.90. The van der Waals surface area contributed by atoms with Gasteiger partial charge in [0, 0.05) is 30.0 Å². The maximum atomic E-state index is 12.8. The summed E-state index contributed by atoms with van der Waals surface area (Å²) in [5.41, 5.74) is 2.24. The zero-order chi connectivity index (χ0) is 21.7. The van der Waals surface area contributed by atoms with E-state index in [-0.39, 0.29) is 18.7 Å². The zero-order valence-corrected chi connectivity index (χ0v) is 17.1. The molecule has 0 radical (unpaired) electrons. The summed E-state index contributed by atoms with van der Waals surface area (Å²) in [5.74, 6) is 0.461. The molecule has 1 N–H and O–H groups in total. The van der Waals surface area contributed by atoms with Gasteiger partial charge in [0.2, 0.25) is 5.91 Å². The third kappa shape index (κ3) is 4.53. The minimum Gasteiger partial charge on any atom is -0.497 e. The number of carbonyl (C=O) groups is 2. The van der Waals surface area contributed by atoms with E-state index in [0.29, 0.717) is 29.4 Å². The van der Waals surface area contributed by atoms with Crippen LogP contribution in [0.1, 0.15) is 36.4 Å². The highest BCUT2D eigenvalue weighted by Gasteiger charge is 2.35. The number of hydrogen-bond acceptors (Lipinski definition) is 6. The van der Waals surface area contributed by atoms with E-state index in [1.165, 1.54) is 5.01 Å². The lowest BCUT2D eigenvalue weighted by Gasteiger charge is -2.23. The number of para-hydroxylation sites is 1. The SMILES string of the molecule is COc1cc(OC)cc(C2=NN(C(=O)CCC(=O)O)[C@H](c3ccccc3OC)C2)c1. The van der Waals surface area contributed by atoms with Crippen LogP contribution in [0.25, 0.3) is 0 Å². The molecule has 8 heteroatoms. The van der Waals surface area contributed by atoms with Crippen molar-refractivity contribution in [3.05, 3.63) is 53.6 Å². The molecule has 0 saturated carbocycles. The molecule has 0 aromatic heterocycles. The maximum absolute atomic E-state index is 12.8. The molecule has 1 atom stereocenters. The van der Waals surface area contributed by atoms with Gasteiger partial charge in [-0.2, -0.15) is 5.10 Å². The van der Waals surface area contributed by atoms with Gasteiger partial charge in [0.15, 0.2) is 0 Å². The number of carboxylic acid groups (broad SMARTS) is 1. The van der Waals surface area contributed by atoms with Crippen LogP contribution in [0.15, 0.2) is 47.6 Å². The fourth-order valence-electron chi connectivity index (χ4n) is 3.40. The van der Waals surface area contributed by atoms with Gasteiger partial charge in [-0.05, 0) is 18.2 Å². The van der Waals surface area contributed by atoms with E-state index in [1.807, 2.05) is 36.4 Å². The van der Waals surface area contributed by atoms with Gasteiger partial charge in [0.05, 0.1) is 39.5 Å². The Morgan fingerprint density at radius 2 is 1.70 bits per heavy atom. The molecule has 158 valence electrons. The van der Waals surface area contributed by atoms with Gasteiger partial charge in [-0.3, -0.25) is 9.59 Å². The number of hydrazone groups is 1. The number of amides is 1. The molecule has 1 aliphatic heterocycles. The molecule has 1 aliphatic rings. The first-order chi connectivity index (χ1) is 14.5. The van der Waals surface area contributed by atoms with Crippen LogP contribution < -0.4 is 14.2 Å². The molecule has 2 aromatic carbocycles. The summed E-state index contributed by atoms with van der Waals surface area (Å²) in [6, 6.07) is 12.4. The summed E-state index contributed by atoms with van der Waals surface area (Å²) in [6.07, 6.45) is 0.0422. The van der Waals surface area contributed by atoms with Gasteiger partial charge in [0.25, 0.3) is 0 Å². The molecule has 0 spiro atoms. The molecular weight excluding hydrogens is 388 g/mol. The third-order valence-electron chi connectivity index (χ3n) is 4.90. The van der Waals surface area contributed by atoms with Crippen molar-refractivity contribution in [2.24, 2.45) is 5.10 Å². The Morgan fingerprint density at radius 3 is 2.30 bits per heavy atom. The predicted octanol–water partition coefficient (Wildman–Crippen LogP) is 3.25. The number of carboxylic acids is 1. The molecule has 2 aromatic rings. The van der Waals surface area contributed by atoms with Crippen LogP contribution in [-0.4, -0.2) is 49.0 Å². The Balaban J connectivity index is 2.00.